The molecule has 5 aliphatic rings. The van der Waals surface area contributed by atoms with Crippen LogP contribution in [-0.4, -0.2) is 91.7 Å². The monoisotopic (exact) mass is 728 g/mol. The van der Waals surface area contributed by atoms with Gasteiger partial charge in [-0.05, 0) is 107 Å². The second kappa shape index (κ2) is 14.4. The first-order valence-corrected chi connectivity index (χ1v) is 19.5. The van der Waals surface area contributed by atoms with Gasteiger partial charge in [0.25, 0.3) is 0 Å². The summed E-state index contributed by atoms with van der Waals surface area (Å²) in [5, 5.41) is 0. The summed E-state index contributed by atoms with van der Waals surface area (Å²) in [4.78, 5) is 0. The lowest BCUT2D eigenvalue weighted by Crippen LogP contribution is -2.41. The van der Waals surface area contributed by atoms with E-state index in [0.29, 0.717) is 11.5 Å². The van der Waals surface area contributed by atoms with E-state index in [1.165, 1.54) is 29.1 Å². The van der Waals surface area contributed by atoms with E-state index in [2.05, 4.69) is 38.0 Å². The van der Waals surface area contributed by atoms with Gasteiger partial charge < -0.3 is 32.1 Å². The third kappa shape index (κ3) is 9.72. The van der Waals surface area contributed by atoms with Crippen LogP contribution in [0.2, 0.25) is 0 Å². The molecule has 18 heteroatoms. The summed E-state index contributed by atoms with van der Waals surface area (Å²) in [5.74, 6) is 3.21. The summed E-state index contributed by atoms with van der Waals surface area (Å²) >= 11 is 3.47. The molecule has 0 bridgehead atoms. The fourth-order valence-electron chi connectivity index (χ4n) is 4.52. The molecule has 268 valence electrons. The molecule has 0 unspecified atom stereocenters. The van der Waals surface area contributed by atoms with Crippen molar-refractivity contribution in [3.05, 3.63) is 23.4 Å². The Morgan fingerprint density at radius 3 is 1.32 bits per heavy atom. The molecule has 5 rings (SSSR count). The average Bonchev–Trinajstić information content (AvgIpc) is 3.38. The fourth-order valence-corrected chi connectivity index (χ4v) is 6.75. The van der Waals surface area contributed by atoms with E-state index in [0.717, 1.165) is 12.2 Å². The van der Waals surface area contributed by atoms with Crippen LogP contribution in [0.5, 0.6) is 0 Å². The van der Waals surface area contributed by atoms with Gasteiger partial charge in [-0.25, -0.2) is 0 Å². The van der Waals surface area contributed by atoms with E-state index in [9.17, 15) is 21.6 Å². The molecule has 0 atom stereocenters. The highest BCUT2D eigenvalue weighted by Gasteiger charge is 2.63. The normalized spacial score (nSPS) is 27.2. The van der Waals surface area contributed by atoms with E-state index in [4.69, 9.17) is 27.9 Å². The molecule has 0 aromatic heterocycles. The molecule has 5 aliphatic heterocycles. The van der Waals surface area contributed by atoms with Crippen molar-refractivity contribution in [1.82, 2.24) is 0 Å². The smallest absolute Gasteiger partial charge is 0.405 e. The average molecular weight is 728 g/mol. The molecule has 0 aromatic rings. The van der Waals surface area contributed by atoms with Crippen LogP contribution in [0.1, 0.15) is 95.9 Å². The van der Waals surface area contributed by atoms with Crippen LogP contribution in [-0.2, 0) is 42.2 Å². The third-order valence-corrected chi connectivity index (χ3v) is 12.5. The van der Waals surface area contributed by atoms with Crippen LogP contribution in [0.25, 0.3) is 0 Å². The number of rotatable bonds is 4. The largest absolute Gasteiger partial charge is 0.534 e. The Labute approximate surface area is 289 Å². The minimum Gasteiger partial charge on any atom is -0.405 e. The molecule has 3 fully saturated rings. The Bertz CT molecular complexity index is 1200. The van der Waals surface area contributed by atoms with Crippen molar-refractivity contribution in [2.75, 3.05) is 23.0 Å². The van der Waals surface area contributed by atoms with E-state index in [1.54, 1.807) is 0 Å². The standard InChI is InChI=1S/C12H24B2O4.C11H19BO2S.C6H7F3O3S2/c1-9(2)10(3,4)16-13(15-9)14-17-11(5,6)12(7,8)18-14;1-10(2)11(3,4)14-12(13-10)9-5-7-15-8-6-9;7-6(8,9)14(10,11)12-5-1-3-13-4-2-5/h1-8H3;5H,6-8H2,1-4H3;1H,2-4H2. The lowest BCUT2D eigenvalue weighted by molar-refractivity contribution is -0.0523. The maximum atomic E-state index is 11.8. The van der Waals surface area contributed by atoms with Gasteiger partial charge in [0.1, 0.15) is 5.76 Å². The second-order valence-electron chi connectivity index (χ2n) is 14.9. The van der Waals surface area contributed by atoms with E-state index < -0.39 is 29.6 Å². The number of alkyl halides is 3. The van der Waals surface area contributed by atoms with Crippen LogP contribution in [0.4, 0.5) is 13.2 Å². The zero-order chi connectivity index (χ0) is 35.9. The molecule has 0 aromatic carbocycles. The predicted molar refractivity (Wildman–Crippen MR) is 184 cm³/mol. The molecule has 0 spiro atoms. The molecule has 0 amide bonds. The van der Waals surface area contributed by atoms with Crippen molar-refractivity contribution < 1.29 is 53.7 Å². The number of hydrogen-bond acceptors (Lipinski definition) is 11. The second-order valence-corrected chi connectivity index (χ2v) is 18.8. The SMILES string of the molecule is CC1(C)OB(B2OC(C)(C)C(C)(C)O2)OC1(C)C.CC1(C)OB(C2=CCSCC2)OC1(C)C.O=S(=O)(OC1=CCSCC1)C(F)(F)F. The summed E-state index contributed by atoms with van der Waals surface area (Å²) in [6.07, 6.45) is 4.91. The van der Waals surface area contributed by atoms with Gasteiger partial charge in [0, 0.05) is 23.7 Å². The summed E-state index contributed by atoms with van der Waals surface area (Å²) in [7, 11) is -6.54. The highest BCUT2D eigenvalue weighted by molar-refractivity contribution is 7.99. The number of allylic oxidation sites excluding steroid dienone is 2. The van der Waals surface area contributed by atoms with Crippen molar-refractivity contribution in [1.29, 1.82) is 0 Å². The molecule has 9 nitrogen and oxygen atoms in total. The van der Waals surface area contributed by atoms with Crippen LogP contribution >= 0.6 is 23.5 Å². The van der Waals surface area contributed by atoms with E-state index >= 15 is 0 Å². The van der Waals surface area contributed by atoms with E-state index in [-0.39, 0.29) is 52.9 Å². The van der Waals surface area contributed by atoms with Gasteiger partial charge in [-0.1, -0.05) is 6.08 Å². The molecule has 3 saturated heterocycles. The van der Waals surface area contributed by atoms with Crippen molar-refractivity contribution in [2.24, 2.45) is 0 Å². The first-order chi connectivity index (χ1) is 21.1. The molecule has 0 saturated carbocycles. The summed E-state index contributed by atoms with van der Waals surface area (Å²) in [5.41, 5.74) is -5.87. The van der Waals surface area contributed by atoms with Crippen molar-refractivity contribution in [2.45, 2.75) is 135 Å². The molecular formula is C29H50B3F3O9S3. The van der Waals surface area contributed by atoms with Crippen molar-refractivity contribution >= 4 is 54.8 Å². The maximum Gasteiger partial charge on any atom is 0.534 e. The molecule has 0 aliphatic carbocycles. The van der Waals surface area contributed by atoms with Gasteiger partial charge in [-0.3, -0.25) is 0 Å². The minimum atomic E-state index is -5.47. The first kappa shape index (κ1) is 41.1. The highest BCUT2D eigenvalue weighted by Crippen LogP contribution is 2.43. The van der Waals surface area contributed by atoms with Gasteiger partial charge >= 0.3 is 36.8 Å². The van der Waals surface area contributed by atoms with Crippen molar-refractivity contribution in [3.63, 3.8) is 0 Å². The Balaban J connectivity index is 0.000000193. The third-order valence-electron chi connectivity index (χ3n) is 9.74. The topological polar surface area (TPSA) is 98.8 Å². The van der Waals surface area contributed by atoms with Crippen LogP contribution < -0.4 is 0 Å². The van der Waals surface area contributed by atoms with Gasteiger partial charge in [0.15, 0.2) is 0 Å². The van der Waals surface area contributed by atoms with Crippen LogP contribution in [0, 0.1) is 0 Å². The Hall–Kier alpha value is -0.325. The zero-order valence-corrected chi connectivity index (χ0v) is 32.1. The van der Waals surface area contributed by atoms with Gasteiger partial charge in [0.2, 0.25) is 0 Å². The number of hydrogen-bond donors (Lipinski definition) is 0. The van der Waals surface area contributed by atoms with Gasteiger partial charge in [0.05, 0.1) is 33.6 Å². The minimum absolute atomic E-state index is 0.115. The lowest BCUT2D eigenvalue weighted by Gasteiger charge is -2.32. The zero-order valence-electron chi connectivity index (χ0n) is 29.7. The first-order valence-electron chi connectivity index (χ1n) is 15.7. The molecule has 0 N–H and O–H groups in total. The fraction of sp³-hybridized carbons (Fsp3) is 0.862. The highest BCUT2D eigenvalue weighted by atomic mass is 32.2. The molecular weight excluding hydrogens is 678 g/mol. The predicted octanol–water partition coefficient (Wildman–Crippen LogP) is 6.80. The Morgan fingerprint density at radius 2 is 1.00 bits per heavy atom. The molecule has 47 heavy (non-hydrogen) atoms. The van der Waals surface area contributed by atoms with Gasteiger partial charge in [-0.2, -0.15) is 45.1 Å². The maximum absolute atomic E-state index is 11.8. The number of thioether (sulfide) groups is 2. The number of halogens is 3. The summed E-state index contributed by atoms with van der Waals surface area (Å²) in [6.45, 7) is 24.6. The summed E-state index contributed by atoms with van der Waals surface area (Å²) < 4.78 is 96.4. The lowest BCUT2D eigenvalue weighted by atomic mass is 9.49. The van der Waals surface area contributed by atoms with E-state index in [1.807, 2.05) is 67.2 Å². The van der Waals surface area contributed by atoms with Gasteiger partial charge in [-0.15, -0.1) is 0 Å². The van der Waals surface area contributed by atoms with Crippen molar-refractivity contribution in [3.8, 4) is 0 Å². The summed E-state index contributed by atoms with van der Waals surface area (Å²) in [6, 6.07) is 0. The quantitative estimate of drug-likeness (QED) is 0.174. The van der Waals surface area contributed by atoms with Crippen LogP contribution in [0.3, 0.4) is 0 Å². The Kier molecular flexibility index (Phi) is 12.6. The Morgan fingerprint density at radius 1 is 0.638 bits per heavy atom. The van der Waals surface area contributed by atoms with Crippen LogP contribution in [0.15, 0.2) is 23.4 Å². The molecule has 0 radical (unpaired) electrons. The molecule has 5 heterocycles.